The number of para-hydroxylation sites is 1. The molecule has 1 aliphatic heterocycles. The molecule has 0 bridgehead atoms. The van der Waals surface area contributed by atoms with Gasteiger partial charge in [0.1, 0.15) is 5.41 Å². The van der Waals surface area contributed by atoms with E-state index in [1.54, 1.807) is 4.90 Å². The molecule has 1 amide bonds. The predicted octanol–water partition coefficient (Wildman–Crippen LogP) is 1.58. The lowest BCUT2D eigenvalue weighted by molar-refractivity contribution is -0.128. The zero-order chi connectivity index (χ0) is 15.3. The number of benzene rings is 1. The van der Waals surface area contributed by atoms with Crippen molar-refractivity contribution in [3.05, 3.63) is 30.3 Å². The van der Waals surface area contributed by atoms with Gasteiger partial charge in [-0.15, -0.1) is 0 Å². The van der Waals surface area contributed by atoms with Crippen molar-refractivity contribution in [3.8, 4) is 0 Å². The SMILES string of the molecule is CCN(C(=O)C1(C(N)=NO)CCOCC1)c1ccccc1. The van der Waals surface area contributed by atoms with Crippen LogP contribution in [-0.4, -0.2) is 36.7 Å². The van der Waals surface area contributed by atoms with Crippen molar-refractivity contribution in [1.82, 2.24) is 0 Å². The number of amidine groups is 1. The van der Waals surface area contributed by atoms with Crippen molar-refractivity contribution in [2.75, 3.05) is 24.7 Å². The van der Waals surface area contributed by atoms with E-state index in [9.17, 15) is 4.79 Å². The van der Waals surface area contributed by atoms with Crippen molar-refractivity contribution in [3.63, 3.8) is 0 Å². The number of anilines is 1. The van der Waals surface area contributed by atoms with Crippen molar-refractivity contribution in [2.24, 2.45) is 16.3 Å². The van der Waals surface area contributed by atoms with Crippen LogP contribution in [0.4, 0.5) is 5.69 Å². The van der Waals surface area contributed by atoms with Gasteiger partial charge in [-0.2, -0.15) is 0 Å². The molecule has 0 unspecified atom stereocenters. The van der Waals surface area contributed by atoms with Gasteiger partial charge in [-0.3, -0.25) is 4.79 Å². The summed E-state index contributed by atoms with van der Waals surface area (Å²) in [6.45, 7) is 3.27. The van der Waals surface area contributed by atoms with E-state index in [1.165, 1.54) is 0 Å². The van der Waals surface area contributed by atoms with Gasteiger partial charge < -0.3 is 20.6 Å². The number of nitrogens with zero attached hydrogens (tertiary/aromatic N) is 2. The molecule has 0 aliphatic carbocycles. The fourth-order valence-corrected chi connectivity index (χ4v) is 2.70. The number of amides is 1. The van der Waals surface area contributed by atoms with Crippen LogP contribution in [0.1, 0.15) is 19.8 Å². The largest absolute Gasteiger partial charge is 0.409 e. The minimum atomic E-state index is -0.987. The molecule has 1 aromatic rings. The van der Waals surface area contributed by atoms with Gasteiger partial charge in [-0.05, 0) is 31.9 Å². The molecule has 0 spiro atoms. The molecule has 114 valence electrons. The number of hydrogen-bond acceptors (Lipinski definition) is 4. The first-order valence-corrected chi connectivity index (χ1v) is 7.08. The summed E-state index contributed by atoms with van der Waals surface area (Å²) in [5.41, 5.74) is 5.67. The second-order valence-corrected chi connectivity index (χ2v) is 5.06. The highest BCUT2D eigenvalue weighted by atomic mass is 16.5. The molecule has 0 atom stereocenters. The topological polar surface area (TPSA) is 88.2 Å². The van der Waals surface area contributed by atoms with Crippen LogP contribution in [0.2, 0.25) is 0 Å². The second-order valence-electron chi connectivity index (χ2n) is 5.06. The average Bonchev–Trinajstić information content (AvgIpc) is 2.56. The number of ether oxygens (including phenoxy) is 1. The average molecular weight is 291 g/mol. The Bertz CT molecular complexity index is 510. The first kappa shape index (κ1) is 15.3. The molecule has 1 aliphatic rings. The Balaban J connectivity index is 2.37. The van der Waals surface area contributed by atoms with Crippen LogP contribution < -0.4 is 10.6 Å². The van der Waals surface area contributed by atoms with E-state index in [1.807, 2.05) is 37.3 Å². The summed E-state index contributed by atoms with van der Waals surface area (Å²) < 4.78 is 5.33. The highest BCUT2D eigenvalue weighted by Gasteiger charge is 2.46. The summed E-state index contributed by atoms with van der Waals surface area (Å²) in [6.07, 6.45) is 0.843. The molecule has 6 heteroatoms. The Hall–Kier alpha value is -2.08. The first-order chi connectivity index (χ1) is 10.2. The van der Waals surface area contributed by atoms with Crippen molar-refractivity contribution in [1.29, 1.82) is 0 Å². The van der Waals surface area contributed by atoms with Crippen molar-refractivity contribution < 1.29 is 14.7 Å². The number of carbonyl (C=O) groups is 1. The van der Waals surface area contributed by atoms with Gasteiger partial charge >= 0.3 is 0 Å². The second kappa shape index (κ2) is 6.58. The van der Waals surface area contributed by atoms with Crippen LogP contribution in [-0.2, 0) is 9.53 Å². The lowest BCUT2D eigenvalue weighted by Gasteiger charge is -2.38. The highest BCUT2D eigenvalue weighted by molar-refractivity contribution is 6.13. The minimum absolute atomic E-state index is 0.0369. The molecular formula is C15H21N3O3. The molecule has 0 radical (unpaired) electrons. The number of nitrogens with two attached hydrogens (primary N) is 1. The third kappa shape index (κ3) is 2.85. The van der Waals surface area contributed by atoms with Crippen LogP contribution in [0.15, 0.2) is 35.5 Å². The van der Waals surface area contributed by atoms with Gasteiger partial charge in [0.05, 0.1) is 0 Å². The van der Waals surface area contributed by atoms with Crippen LogP contribution in [0, 0.1) is 5.41 Å². The molecule has 1 aromatic carbocycles. The zero-order valence-electron chi connectivity index (χ0n) is 12.2. The summed E-state index contributed by atoms with van der Waals surface area (Å²) >= 11 is 0. The van der Waals surface area contributed by atoms with E-state index >= 15 is 0 Å². The Morgan fingerprint density at radius 1 is 1.38 bits per heavy atom. The van der Waals surface area contributed by atoms with Crippen molar-refractivity contribution in [2.45, 2.75) is 19.8 Å². The van der Waals surface area contributed by atoms with Gasteiger partial charge in [0.25, 0.3) is 0 Å². The maximum atomic E-state index is 13.1. The number of carbonyl (C=O) groups excluding carboxylic acids is 1. The standard InChI is InChI=1S/C15H21N3O3/c1-2-18(12-6-4-3-5-7-12)14(19)15(13(16)17-20)8-10-21-11-9-15/h3-7,20H,2,8-11H2,1H3,(H2,16,17). The molecular weight excluding hydrogens is 270 g/mol. The van der Waals surface area contributed by atoms with Crippen molar-refractivity contribution >= 4 is 17.4 Å². The lowest BCUT2D eigenvalue weighted by Crippen LogP contribution is -2.54. The monoisotopic (exact) mass is 291 g/mol. The van der Waals surface area contributed by atoms with Gasteiger partial charge in [-0.25, -0.2) is 0 Å². The zero-order valence-corrected chi connectivity index (χ0v) is 12.2. The lowest BCUT2D eigenvalue weighted by atomic mass is 9.77. The molecule has 2 rings (SSSR count). The molecule has 1 fully saturated rings. The summed E-state index contributed by atoms with van der Waals surface area (Å²) in [5.74, 6) is -0.181. The van der Waals surface area contributed by atoms with Gasteiger partial charge in [0.2, 0.25) is 5.91 Å². The van der Waals surface area contributed by atoms with E-state index in [0.717, 1.165) is 5.69 Å². The van der Waals surface area contributed by atoms with Crippen LogP contribution in [0.5, 0.6) is 0 Å². The van der Waals surface area contributed by atoms with E-state index < -0.39 is 5.41 Å². The normalized spacial score (nSPS) is 18.2. The molecule has 6 nitrogen and oxygen atoms in total. The minimum Gasteiger partial charge on any atom is -0.409 e. The Kier molecular flexibility index (Phi) is 4.80. The summed E-state index contributed by atoms with van der Waals surface area (Å²) in [5, 5.41) is 12.2. The Morgan fingerprint density at radius 2 is 2.00 bits per heavy atom. The fourth-order valence-electron chi connectivity index (χ4n) is 2.70. The molecule has 1 saturated heterocycles. The number of hydrogen-bond donors (Lipinski definition) is 2. The van der Waals surface area contributed by atoms with E-state index in [4.69, 9.17) is 15.7 Å². The molecule has 0 saturated carbocycles. The first-order valence-electron chi connectivity index (χ1n) is 7.08. The summed E-state index contributed by atoms with van der Waals surface area (Å²) in [6, 6.07) is 9.41. The molecule has 21 heavy (non-hydrogen) atoms. The highest BCUT2D eigenvalue weighted by Crippen LogP contribution is 2.34. The van der Waals surface area contributed by atoms with Crippen LogP contribution in [0.25, 0.3) is 0 Å². The maximum Gasteiger partial charge on any atom is 0.241 e. The Labute approximate surface area is 124 Å². The summed E-state index contributed by atoms with van der Waals surface area (Å²) in [7, 11) is 0. The van der Waals surface area contributed by atoms with E-state index in [2.05, 4.69) is 5.16 Å². The van der Waals surface area contributed by atoms with Gasteiger partial charge in [-0.1, -0.05) is 23.4 Å². The smallest absolute Gasteiger partial charge is 0.241 e. The third-order valence-corrected chi connectivity index (χ3v) is 3.98. The maximum absolute atomic E-state index is 13.1. The number of rotatable bonds is 4. The van der Waals surface area contributed by atoms with Crippen LogP contribution in [0.3, 0.4) is 0 Å². The number of oxime groups is 1. The molecule has 1 heterocycles. The van der Waals surface area contributed by atoms with E-state index in [-0.39, 0.29) is 11.7 Å². The van der Waals surface area contributed by atoms with Gasteiger partial charge in [0, 0.05) is 25.4 Å². The molecule has 0 aromatic heterocycles. The Morgan fingerprint density at radius 3 is 2.52 bits per heavy atom. The van der Waals surface area contributed by atoms with E-state index in [0.29, 0.717) is 32.6 Å². The quantitative estimate of drug-likeness (QED) is 0.381. The summed E-state index contributed by atoms with van der Waals surface area (Å²) in [4.78, 5) is 14.7. The third-order valence-electron chi connectivity index (χ3n) is 3.98. The van der Waals surface area contributed by atoms with Crippen LogP contribution >= 0.6 is 0 Å². The predicted molar refractivity (Wildman–Crippen MR) is 80.4 cm³/mol. The van der Waals surface area contributed by atoms with Gasteiger partial charge in [0.15, 0.2) is 5.84 Å². The molecule has 3 N–H and O–H groups in total. The fraction of sp³-hybridized carbons (Fsp3) is 0.467.